The second-order valence-corrected chi connectivity index (χ2v) is 5.37. The molecule has 5 rings (SSSR count). The van der Waals surface area contributed by atoms with Crippen molar-refractivity contribution in [2.24, 2.45) is 5.92 Å². The van der Waals surface area contributed by atoms with Gasteiger partial charge in [-0.25, -0.2) is 0 Å². The highest BCUT2D eigenvalue weighted by Gasteiger charge is 2.49. The third-order valence-electron chi connectivity index (χ3n) is 4.41. The molecule has 1 aromatic carbocycles. The summed E-state index contributed by atoms with van der Waals surface area (Å²) in [6.45, 7) is 0.237. The van der Waals surface area contributed by atoms with E-state index in [1.54, 1.807) is 0 Å². The number of carbonyl (C=O) groups excluding carboxylic acids is 1. The van der Waals surface area contributed by atoms with Crippen LogP contribution in [-0.2, 0) is 14.3 Å². The van der Waals surface area contributed by atoms with Crippen LogP contribution in [0.2, 0.25) is 0 Å². The molecule has 2 unspecified atom stereocenters. The van der Waals surface area contributed by atoms with Crippen LogP contribution in [0.3, 0.4) is 0 Å². The van der Waals surface area contributed by atoms with E-state index in [2.05, 4.69) is 23.5 Å². The highest BCUT2D eigenvalue weighted by Crippen LogP contribution is 2.52. The van der Waals surface area contributed by atoms with Gasteiger partial charge in [0, 0.05) is 17.2 Å². The Hall–Kier alpha value is -2.49. The number of fused-ring (bicyclic) bond motifs is 3. The van der Waals surface area contributed by atoms with Crippen LogP contribution in [0.4, 0.5) is 0 Å². The lowest BCUT2D eigenvalue weighted by atomic mass is 9.72. The molecule has 1 aromatic rings. The third-order valence-corrected chi connectivity index (χ3v) is 4.41. The van der Waals surface area contributed by atoms with Crippen molar-refractivity contribution < 1.29 is 14.3 Å². The SMILES string of the molecule is O=C1NC2=Cc3ccccc3C3C4=C(C=C1C23)OCO4. The molecule has 0 bridgehead atoms. The molecular formula is C16H11NO3. The summed E-state index contributed by atoms with van der Waals surface area (Å²) in [4.78, 5) is 12.2. The molecule has 0 saturated carbocycles. The standard InChI is InChI=1S/C16H11NO3/c18-16-10-6-12-15(20-7-19-12)14-9-4-2-1-3-8(9)5-11(17-16)13(10)14/h1-6,13-14H,7H2,(H,17,18). The summed E-state index contributed by atoms with van der Waals surface area (Å²) in [7, 11) is 0. The maximum absolute atomic E-state index is 12.2. The molecule has 2 aliphatic heterocycles. The smallest absolute Gasteiger partial charge is 0.252 e. The van der Waals surface area contributed by atoms with Crippen molar-refractivity contribution in [3.63, 3.8) is 0 Å². The Bertz CT molecular complexity index is 757. The lowest BCUT2D eigenvalue weighted by molar-refractivity contribution is -0.116. The predicted molar refractivity (Wildman–Crippen MR) is 70.9 cm³/mol. The number of carbonyl (C=O) groups is 1. The molecule has 0 radical (unpaired) electrons. The van der Waals surface area contributed by atoms with Crippen LogP contribution in [0.15, 0.2) is 53.1 Å². The molecule has 4 heteroatoms. The molecule has 20 heavy (non-hydrogen) atoms. The Morgan fingerprint density at radius 3 is 2.95 bits per heavy atom. The largest absolute Gasteiger partial charge is 0.457 e. The van der Waals surface area contributed by atoms with Gasteiger partial charge in [-0.3, -0.25) is 4.79 Å². The summed E-state index contributed by atoms with van der Waals surface area (Å²) in [5, 5.41) is 2.97. The lowest BCUT2D eigenvalue weighted by Gasteiger charge is -2.32. The number of rotatable bonds is 0. The Kier molecular flexibility index (Phi) is 1.72. The molecule has 1 N–H and O–H groups in total. The van der Waals surface area contributed by atoms with Crippen molar-refractivity contribution in [3.8, 4) is 0 Å². The number of hydrogen-bond acceptors (Lipinski definition) is 3. The number of allylic oxidation sites excluding steroid dienone is 3. The maximum Gasteiger partial charge on any atom is 0.252 e. The minimum Gasteiger partial charge on any atom is -0.457 e. The highest BCUT2D eigenvalue weighted by atomic mass is 16.7. The molecule has 1 fully saturated rings. The zero-order chi connectivity index (χ0) is 13.3. The van der Waals surface area contributed by atoms with Gasteiger partial charge in [0.1, 0.15) is 0 Å². The Balaban J connectivity index is 1.83. The number of ether oxygens (including phenoxy) is 2. The van der Waals surface area contributed by atoms with Crippen LogP contribution in [0.1, 0.15) is 17.0 Å². The first-order valence-electron chi connectivity index (χ1n) is 6.66. The van der Waals surface area contributed by atoms with Crippen molar-refractivity contribution in [1.82, 2.24) is 5.32 Å². The van der Waals surface area contributed by atoms with E-state index in [0.717, 1.165) is 22.6 Å². The summed E-state index contributed by atoms with van der Waals surface area (Å²) in [6, 6.07) is 8.20. The summed E-state index contributed by atoms with van der Waals surface area (Å²) in [5.41, 5.74) is 4.07. The Morgan fingerprint density at radius 1 is 1.10 bits per heavy atom. The molecule has 2 atom stereocenters. The van der Waals surface area contributed by atoms with E-state index in [1.165, 1.54) is 5.56 Å². The number of benzene rings is 1. The van der Waals surface area contributed by atoms with E-state index >= 15 is 0 Å². The van der Waals surface area contributed by atoms with Crippen LogP contribution in [0.25, 0.3) is 6.08 Å². The molecule has 0 spiro atoms. The van der Waals surface area contributed by atoms with Gasteiger partial charge in [-0.2, -0.15) is 0 Å². The zero-order valence-corrected chi connectivity index (χ0v) is 10.6. The van der Waals surface area contributed by atoms with Gasteiger partial charge in [-0.1, -0.05) is 24.3 Å². The van der Waals surface area contributed by atoms with Crippen molar-refractivity contribution in [2.45, 2.75) is 5.92 Å². The van der Waals surface area contributed by atoms with Gasteiger partial charge in [0.2, 0.25) is 6.79 Å². The summed E-state index contributed by atoms with van der Waals surface area (Å²) in [5.74, 6) is 1.62. The van der Waals surface area contributed by atoms with Gasteiger partial charge in [-0.15, -0.1) is 0 Å². The van der Waals surface area contributed by atoms with Crippen LogP contribution >= 0.6 is 0 Å². The van der Waals surface area contributed by atoms with Gasteiger partial charge in [0.25, 0.3) is 5.91 Å². The van der Waals surface area contributed by atoms with Gasteiger partial charge in [0.15, 0.2) is 11.5 Å². The molecule has 4 aliphatic rings. The first-order chi connectivity index (χ1) is 9.83. The van der Waals surface area contributed by atoms with E-state index in [-0.39, 0.29) is 24.5 Å². The van der Waals surface area contributed by atoms with Gasteiger partial charge >= 0.3 is 0 Å². The van der Waals surface area contributed by atoms with E-state index in [1.807, 2.05) is 18.2 Å². The van der Waals surface area contributed by atoms with E-state index in [9.17, 15) is 4.79 Å². The van der Waals surface area contributed by atoms with E-state index in [0.29, 0.717) is 5.76 Å². The summed E-state index contributed by atoms with van der Waals surface area (Å²) < 4.78 is 11.2. The fourth-order valence-corrected chi connectivity index (χ4v) is 3.59. The summed E-state index contributed by atoms with van der Waals surface area (Å²) >= 11 is 0. The zero-order valence-electron chi connectivity index (χ0n) is 10.6. The topological polar surface area (TPSA) is 47.6 Å². The fraction of sp³-hybridized carbons (Fsp3) is 0.188. The van der Waals surface area contributed by atoms with Crippen LogP contribution in [0, 0.1) is 5.92 Å². The minimum atomic E-state index is -0.0268. The van der Waals surface area contributed by atoms with Crippen molar-refractivity contribution in [1.29, 1.82) is 0 Å². The van der Waals surface area contributed by atoms with Crippen molar-refractivity contribution in [3.05, 3.63) is 64.3 Å². The number of nitrogens with one attached hydrogen (secondary N) is 1. The first-order valence-corrected chi connectivity index (χ1v) is 6.66. The van der Waals surface area contributed by atoms with Crippen molar-refractivity contribution in [2.75, 3.05) is 6.79 Å². The quantitative estimate of drug-likeness (QED) is 0.780. The van der Waals surface area contributed by atoms with Crippen LogP contribution in [0.5, 0.6) is 0 Å². The molecule has 1 saturated heterocycles. The second-order valence-electron chi connectivity index (χ2n) is 5.37. The molecule has 4 nitrogen and oxygen atoms in total. The molecular weight excluding hydrogens is 254 g/mol. The van der Waals surface area contributed by atoms with Crippen LogP contribution in [-0.4, -0.2) is 12.7 Å². The maximum atomic E-state index is 12.2. The van der Waals surface area contributed by atoms with Gasteiger partial charge in [0.05, 0.1) is 5.92 Å². The Morgan fingerprint density at radius 2 is 2.00 bits per heavy atom. The second kappa shape index (κ2) is 3.33. The van der Waals surface area contributed by atoms with Gasteiger partial charge in [-0.05, 0) is 23.3 Å². The molecule has 0 aromatic heterocycles. The predicted octanol–water partition coefficient (Wildman–Crippen LogP) is 2.03. The Labute approximate surface area is 115 Å². The molecule has 2 aliphatic carbocycles. The molecule has 1 amide bonds. The molecule has 98 valence electrons. The third kappa shape index (κ3) is 1.10. The van der Waals surface area contributed by atoms with Crippen molar-refractivity contribution >= 4 is 12.0 Å². The van der Waals surface area contributed by atoms with Gasteiger partial charge < -0.3 is 14.8 Å². The molecule has 2 heterocycles. The van der Waals surface area contributed by atoms with E-state index < -0.39 is 0 Å². The number of amides is 1. The van der Waals surface area contributed by atoms with Crippen LogP contribution < -0.4 is 5.32 Å². The fourth-order valence-electron chi connectivity index (χ4n) is 3.59. The highest BCUT2D eigenvalue weighted by molar-refractivity contribution is 6.02. The summed E-state index contributed by atoms with van der Waals surface area (Å²) in [6.07, 6.45) is 3.89. The first kappa shape index (κ1) is 10.3. The average molecular weight is 265 g/mol. The minimum absolute atomic E-state index is 0.0268. The average Bonchev–Trinajstić information content (AvgIpc) is 3.05. The van der Waals surface area contributed by atoms with E-state index in [4.69, 9.17) is 9.47 Å². The lowest BCUT2D eigenvalue weighted by Crippen LogP contribution is -2.24. The monoisotopic (exact) mass is 265 g/mol. The normalized spacial score (nSPS) is 28.5. The number of hydrogen-bond donors (Lipinski definition) is 1.